The van der Waals surface area contributed by atoms with E-state index in [2.05, 4.69) is 18.8 Å². The molecule has 0 bridgehead atoms. The quantitative estimate of drug-likeness (QED) is 0.447. The zero-order valence-corrected chi connectivity index (χ0v) is 18.9. The van der Waals surface area contributed by atoms with E-state index in [9.17, 15) is 18.8 Å². The van der Waals surface area contributed by atoms with Gasteiger partial charge in [0, 0.05) is 18.7 Å². The van der Waals surface area contributed by atoms with E-state index in [-0.39, 0.29) is 16.2 Å². The van der Waals surface area contributed by atoms with E-state index >= 15 is 0 Å². The number of rotatable bonds is 4. The van der Waals surface area contributed by atoms with Crippen LogP contribution >= 0.6 is 11.3 Å². The van der Waals surface area contributed by atoms with E-state index in [4.69, 9.17) is 0 Å². The zero-order valence-electron chi connectivity index (χ0n) is 17.3. The summed E-state index contributed by atoms with van der Waals surface area (Å²) in [5.41, 5.74) is 1.19. The number of aliphatic hydroxyl groups excluding tert-OH is 1. The average molecular weight is 454 g/mol. The Morgan fingerprint density at radius 2 is 1.77 bits per heavy atom. The van der Waals surface area contributed by atoms with Gasteiger partial charge < -0.3 is 5.11 Å². The van der Waals surface area contributed by atoms with Crippen molar-refractivity contribution < 1.29 is 13.5 Å². The van der Waals surface area contributed by atoms with Crippen LogP contribution in [-0.4, -0.2) is 35.9 Å². The van der Waals surface area contributed by atoms with Gasteiger partial charge in [0.15, 0.2) is 0 Å². The lowest BCUT2D eigenvalue weighted by molar-refractivity contribution is 0.222. The molecule has 0 spiro atoms. The van der Waals surface area contributed by atoms with Crippen molar-refractivity contribution in [2.75, 3.05) is 13.1 Å². The first-order valence-electron chi connectivity index (χ1n) is 10.1. The van der Waals surface area contributed by atoms with E-state index in [1.807, 2.05) is 30.3 Å². The fourth-order valence-corrected chi connectivity index (χ4v) is 6.70. The molecule has 0 saturated carbocycles. The van der Waals surface area contributed by atoms with Crippen LogP contribution in [0, 0.1) is 23.2 Å². The number of aromatic nitrogens is 1. The maximum Gasteiger partial charge on any atom is 0.243 e. The van der Waals surface area contributed by atoms with Crippen LogP contribution in [0.3, 0.4) is 0 Å². The molecule has 0 aliphatic carbocycles. The van der Waals surface area contributed by atoms with E-state index in [1.165, 1.54) is 35.6 Å². The molecule has 1 fully saturated rings. The van der Waals surface area contributed by atoms with Crippen molar-refractivity contribution in [3.05, 3.63) is 59.1 Å². The van der Waals surface area contributed by atoms with Crippen LogP contribution in [0.4, 0.5) is 0 Å². The topological polar surface area (TPSA) is 94.3 Å². The van der Waals surface area contributed by atoms with Gasteiger partial charge >= 0.3 is 0 Å². The van der Waals surface area contributed by atoms with Gasteiger partial charge in [-0.1, -0.05) is 26.0 Å². The smallest absolute Gasteiger partial charge is 0.243 e. The molecular formula is C23H23N3O3S2. The van der Waals surface area contributed by atoms with Crippen LogP contribution in [0.1, 0.15) is 30.8 Å². The standard InChI is InChI=1S/C23H23N3O3S2/c1-15-11-16(2)14-26(13-15)31(28,29)18-9-7-17(8-10-18)22(27)19(12-24)23-25-20-5-3-4-6-21(20)30-23/h3-10,15-16,27H,11,13-14H2,1-2H3/t15-,16-/m1/s1. The second-order valence-corrected chi connectivity index (χ2v) is 11.1. The lowest BCUT2D eigenvalue weighted by atomic mass is 9.94. The molecule has 0 radical (unpaired) electrons. The predicted molar refractivity (Wildman–Crippen MR) is 123 cm³/mol. The molecule has 2 heterocycles. The maximum absolute atomic E-state index is 13.1. The molecule has 160 valence electrons. The molecule has 3 aromatic rings. The first-order chi connectivity index (χ1) is 14.8. The van der Waals surface area contributed by atoms with Crippen LogP contribution < -0.4 is 0 Å². The van der Waals surface area contributed by atoms with Crippen molar-refractivity contribution in [2.45, 2.75) is 25.2 Å². The first kappa shape index (κ1) is 21.5. The number of nitriles is 1. The van der Waals surface area contributed by atoms with Crippen LogP contribution in [0.5, 0.6) is 0 Å². The van der Waals surface area contributed by atoms with E-state index in [0.717, 1.165) is 16.6 Å². The Kier molecular flexibility index (Phi) is 5.84. The Labute approximate surface area is 186 Å². The Morgan fingerprint density at radius 1 is 1.13 bits per heavy atom. The van der Waals surface area contributed by atoms with E-state index < -0.39 is 10.0 Å². The monoisotopic (exact) mass is 453 g/mol. The lowest BCUT2D eigenvalue weighted by Gasteiger charge is -2.34. The van der Waals surface area contributed by atoms with Crippen molar-refractivity contribution in [3.8, 4) is 6.07 Å². The summed E-state index contributed by atoms with van der Waals surface area (Å²) in [6.07, 6.45) is 1.02. The Bertz CT molecular complexity index is 1240. The van der Waals surface area contributed by atoms with Gasteiger partial charge in [0.25, 0.3) is 0 Å². The van der Waals surface area contributed by atoms with Crippen LogP contribution in [0.15, 0.2) is 53.4 Å². The van der Waals surface area contributed by atoms with Crippen molar-refractivity contribution >= 4 is 42.9 Å². The SMILES string of the molecule is C[C@@H]1C[C@@H](C)CN(S(=O)(=O)c2ccc(C(O)=C(C#N)c3nc4ccccc4s3)cc2)C1. The predicted octanol–water partition coefficient (Wildman–Crippen LogP) is 4.91. The summed E-state index contributed by atoms with van der Waals surface area (Å²) in [4.78, 5) is 4.62. The van der Waals surface area contributed by atoms with Gasteiger partial charge in [0.05, 0.1) is 15.1 Å². The fraction of sp³-hybridized carbons (Fsp3) is 0.304. The summed E-state index contributed by atoms with van der Waals surface area (Å²) >= 11 is 1.33. The minimum Gasteiger partial charge on any atom is -0.506 e. The molecule has 1 saturated heterocycles. The molecule has 1 aliphatic rings. The third-order valence-electron chi connectivity index (χ3n) is 5.46. The molecule has 2 atom stereocenters. The molecule has 4 rings (SSSR count). The number of nitrogens with zero attached hydrogens (tertiary/aromatic N) is 3. The van der Waals surface area contributed by atoms with Crippen LogP contribution in [0.2, 0.25) is 0 Å². The number of fused-ring (bicyclic) bond motifs is 1. The highest BCUT2D eigenvalue weighted by Gasteiger charge is 2.31. The lowest BCUT2D eigenvalue weighted by Crippen LogP contribution is -2.42. The van der Waals surface area contributed by atoms with E-state index in [0.29, 0.717) is 35.5 Å². The zero-order chi connectivity index (χ0) is 22.2. The van der Waals surface area contributed by atoms with Gasteiger partial charge in [0.2, 0.25) is 10.0 Å². The molecule has 1 N–H and O–H groups in total. The minimum atomic E-state index is -3.61. The van der Waals surface area contributed by atoms with Crippen LogP contribution in [0.25, 0.3) is 21.5 Å². The highest BCUT2D eigenvalue weighted by Crippen LogP contribution is 2.32. The summed E-state index contributed by atoms with van der Waals surface area (Å²) in [6, 6.07) is 15.6. The molecule has 2 aromatic carbocycles. The summed E-state index contributed by atoms with van der Waals surface area (Å²) in [6.45, 7) is 5.15. The van der Waals surface area contributed by atoms with Crippen molar-refractivity contribution in [1.29, 1.82) is 5.26 Å². The normalized spacial score (nSPS) is 20.9. The number of para-hydroxylation sites is 1. The molecule has 1 aliphatic heterocycles. The number of thiazole rings is 1. The third-order valence-corrected chi connectivity index (χ3v) is 8.36. The second-order valence-electron chi connectivity index (χ2n) is 8.11. The van der Waals surface area contributed by atoms with Crippen LogP contribution in [-0.2, 0) is 10.0 Å². The summed E-state index contributed by atoms with van der Waals surface area (Å²) in [5.74, 6) is 0.416. The number of allylic oxidation sites excluding steroid dienone is 1. The number of aliphatic hydroxyl groups is 1. The van der Waals surface area contributed by atoms with Gasteiger partial charge in [-0.3, -0.25) is 0 Å². The van der Waals surface area contributed by atoms with Gasteiger partial charge in [-0.25, -0.2) is 13.4 Å². The number of hydrogen-bond acceptors (Lipinski definition) is 6. The maximum atomic E-state index is 13.1. The van der Waals surface area contributed by atoms with Gasteiger partial charge in [0.1, 0.15) is 22.4 Å². The Hall–Kier alpha value is -2.73. The highest BCUT2D eigenvalue weighted by molar-refractivity contribution is 7.89. The molecule has 8 heteroatoms. The molecule has 6 nitrogen and oxygen atoms in total. The molecule has 1 aromatic heterocycles. The summed E-state index contributed by atoms with van der Waals surface area (Å²) in [7, 11) is -3.61. The Balaban J connectivity index is 1.65. The summed E-state index contributed by atoms with van der Waals surface area (Å²) in [5, 5.41) is 20.8. The molecule has 0 unspecified atom stereocenters. The van der Waals surface area contributed by atoms with Crippen molar-refractivity contribution in [2.24, 2.45) is 11.8 Å². The number of benzene rings is 2. The molecular weight excluding hydrogens is 430 g/mol. The van der Waals surface area contributed by atoms with Crippen molar-refractivity contribution in [1.82, 2.24) is 9.29 Å². The summed E-state index contributed by atoms with van der Waals surface area (Å²) < 4.78 is 28.6. The fourth-order valence-electron chi connectivity index (χ4n) is 4.06. The second kappa shape index (κ2) is 8.42. The highest BCUT2D eigenvalue weighted by atomic mass is 32.2. The number of piperidine rings is 1. The average Bonchev–Trinajstić information content (AvgIpc) is 3.17. The van der Waals surface area contributed by atoms with E-state index in [1.54, 1.807) is 4.31 Å². The molecule has 31 heavy (non-hydrogen) atoms. The number of hydrogen-bond donors (Lipinski definition) is 1. The number of sulfonamides is 1. The Morgan fingerprint density at radius 3 is 2.39 bits per heavy atom. The van der Waals surface area contributed by atoms with Gasteiger partial charge in [-0.05, 0) is 54.7 Å². The minimum absolute atomic E-state index is 0.0653. The first-order valence-corrected chi connectivity index (χ1v) is 12.3. The van der Waals surface area contributed by atoms with Gasteiger partial charge in [-0.2, -0.15) is 9.57 Å². The third kappa shape index (κ3) is 4.22. The van der Waals surface area contributed by atoms with Gasteiger partial charge in [-0.15, -0.1) is 11.3 Å². The molecule has 0 amide bonds. The van der Waals surface area contributed by atoms with Crippen molar-refractivity contribution in [3.63, 3.8) is 0 Å². The largest absolute Gasteiger partial charge is 0.506 e.